The van der Waals surface area contributed by atoms with Crippen molar-refractivity contribution in [2.75, 3.05) is 7.11 Å². The van der Waals surface area contributed by atoms with Crippen molar-refractivity contribution in [2.45, 2.75) is 6.43 Å². The summed E-state index contributed by atoms with van der Waals surface area (Å²) >= 11 is 0. The average molecular weight is 177 g/mol. The van der Waals surface area contributed by atoms with Crippen molar-refractivity contribution in [1.29, 1.82) is 0 Å². The molecule has 0 saturated heterocycles. The van der Waals surface area contributed by atoms with E-state index in [4.69, 9.17) is 0 Å². The van der Waals surface area contributed by atoms with Crippen molar-refractivity contribution >= 4 is 0 Å². The van der Waals surface area contributed by atoms with E-state index >= 15 is 0 Å². The molecule has 0 aliphatic heterocycles. The maximum atomic E-state index is 12.6. The van der Waals surface area contributed by atoms with Gasteiger partial charge in [0, 0.05) is 11.8 Å². The van der Waals surface area contributed by atoms with Gasteiger partial charge in [0.15, 0.2) is 5.75 Å². The zero-order chi connectivity index (χ0) is 9.14. The normalized spacial score (nSPS) is 10.4. The zero-order valence-electron chi connectivity index (χ0n) is 6.22. The quantitative estimate of drug-likeness (QED) is 0.646. The molecule has 2 nitrogen and oxygen atoms in total. The maximum absolute atomic E-state index is 12.6. The van der Waals surface area contributed by atoms with Gasteiger partial charge >= 0.3 is 0 Å². The molecule has 0 amide bonds. The first-order valence-electron chi connectivity index (χ1n) is 3.12. The molecular formula is C7H6F3NO. The van der Waals surface area contributed by atoms with Crippen molar-refractivity contribution < 1.29 is 17.9 Å². The summed E-state index contributed by atoms with van der Waals surface area (Å²) in [5.41, 5.74) is -0.353. The van der Waals surface area contributed by atoms with Crippen LogP contribution in [0.1, 0.15) is 12.0 Å². The first-order valence-corrected chi connectivity index (χ1v) is 3.12. The van der Waals surface area contributed by atoms with Crippen LogP contribution in [0, 0.1) is 5.95 Å². The first kappa shape index (κ1) is 8.83. The largest absolute Gasteiger partial charge is 0.492 e. The van der Waals surface area contributed by atoms with E-state index < -0.39 is 12.4 Å². The van der Waals surface area contributed by atoms with Crippen LogP contribution in [0.4, 0.5) is 13.2 Å². The first-order chi connectivity index (χ1) is 5.65. The number of halogens is 3. The molecule has 0 radical (unpaired) electrons. The van der Waals surface area contributed by atoms with Crippen molar-refractivity contribution in [2.24, 2.45) is 0 Å². The fourth-order valence-corrected chi connectivity index (χ4v) is 0.706. The molecule has 0 aliphatic carbocycles. The second kappa shape index (κ2) is 3.42. The van der Waals surface area contributed by atoms with Gasteiger partial charge in [0.05, 0.1) is 7.11 Å². The van der Waals surface area contributed by atoms with E-state index in [2.05, 4.69) is 9.72 Å². The van der Waals surface area contributed by atoms with Gasteiger partial charge in [-0.15, -0.1) is 0 Å². The number of aromatic nitrogens is 1. The van der Waals surface area contributed by atoms with Crippen LogP contribution in [-0.4, -0.2) is 12.1 Å². The van der Waals surface area contributed by atoms with Crippen molar-refractivity contribution in [3.05, 3.63) is 23.8 Å². The highest BCUT2D eigenvalue weighted by Gasteiger charge is 2.11. The molecule has 0 spiro atoms. The van der Waals surface area contributed by atoms with E-state index in [0.717, 1.165) is 12.3 Å². The molecule has 12 heavy (non-hydrogen) atoms. The predicted molar refractivity (Wildman–Crippen MR) is 35.7 cm³/mol. The van der Waals surface area contributed by atoms with Crippen LogP contribution in [0.2, 0.25) is 0 Å². The summed E-state index contributed by atoms with van der Waals surface area (Å²) in [5, 5.41) is 0. The molecule has 1 rings (SSSR count). The van der Waals surface area contributed by atoms with E-state index in [9.17, 15) is 13.2 Å². The summed E-state index contributed by atoms with van der Waals surface area (Å²) in [5.74, 6) is -1.16. The van der Waals surface area contributed by atoms with Gasteiger partial charge in [-0.05, 0) is 6.07 Å². The second-order valence-corrected chi connectivity index (χ2v) is 2.06. The number of nitrogens with zero attached hydrogens (tertiary/aromatic N) is 1. The summed E-state index contributed by atoms with van der Waals surface area (Å²) in [6.07, 6.45) is -1.88. The topological polar surface area (TPSA) is 22.1 Å². The van der Waals surface area contributed by atoms with Gasteiger partial charge in [0.2, 0.25) is 0 Å². The summed E-state index contributed by atoms with van der Waals surface area (Å²) in [6.45, 7) is 0. The predicted octanol–water partition coefficient (Wildman–Crippen LogP) is 2.17. The summed E-state index contributed by atoms with van der Waals surface area (Å²) in [4.78, 5) is 3.10. The van der Waals surface area contributed by atoms with Crippen LogP contribution in [0.25, 0.3) is 0 Å². The fraction of sp³-hybridized carbons (Fsp3) is 0.286. The number of methoxy groups -OCH3 is 1. The Morgan fingerprint density at radius 3 is 2.67 bits per heavy atom. The fourth-order valence-electron chi connectivity index (χ4n) is 0.706. The third-order valence-electron chi connectivity index (χ3n) is 1.30. The number of hydrogen-bond donors (Lipinski definition) is 0. The van der Waals surface area contributed by atoms with Gasteiger partial charge < -0.3 is 4.74 Å². The lowest BCUT2D eigenvalue weighted by molar-refractivity contribution is 0.150. The third kappa shape index (κ3) is 1.66. The van der Waals surface area contributed by atoms with Gasteiger partial charge in [-0.25, -0.2) is 13.8 Å². The van der Waals surface area contributed by atoms with Gasteiger partial charge in [0.25, 0.3) is 12.4 Å². The van der Waals surface area contributed by atoms with E-state index in [-0.39, 0.29) is 11.3 Å². The van der Waals surface area contributed by atoms with Crippen molar-refractivity contribution in [1.82, 2.24) is 4.98 Å². The second-order valence-electron chi connectivity index (χ2n) is 2.06. The van der Waals surface area contributed by atoms with Crippen LogP contribution in [0.5, 0.6) is 5.75 Å². The zero-order valence-corrected chi connectivity index (χ0v) is 6.22. The minimum atomic E-state index is -2.66. The smallest absolute Gasteiger partial charge is 0.265 e. The molecular weight excluding hydrogens is 171 g/mol. The molecule has 0 aliphatic rings. The molecule has 0 aromatic carbocycles. The Bertz CT molecular complexity index is 277. The Morgan fingerprint density at radius 1 is 1.50 bits per heavy atom. The lowest BCUT2D eigenvalue weighted by Crippen LogP contribution is -1.94. The highest BCUT2D eigenvalue weighted by Crippen LogP contribution is 2.23. The van der Waals surface area contributed by atoms with Crippen molar-refractivity contribution in [3.8, 4) is 5.75 Å². The Kier molecular flexibility index (Phi) is 2.52. The van der Waals surface area contributed by atoms with Gasteiger partial charge in [-0.3, -0.25) is 0 Å². The number of hydrogen-bond acceptors (Lipinski definition) is 2. The molecule has 0 unspecified atom stereocenters. The molecule has 66 valence electrons. The lowest BCUT2D eigenvalue weighted by atomic mass is 10.3. The minimum absolute atomic E-state index is 0.271. The molecule has 0 N–H and O–H groups in total. The van der Waals surface area contributed by atoms with Crippen LogP contribution < -0.4 is 4.74 Å². The molecule has 0 saturated carbocycles. The molecule has 0 atom stereocenters. The number of alkyl halides is 2. The highest BCUT2D eigenvalue weighted by molar-refractivity contribution is 5.25. The molecule has 0 fully saturated rings. The van der Waals surface area contributed by atoms with Crippen molar-refractivity contribution in [3.63, 3.8) is 0 Å². The maximum Gasteiger partial charge on any atom is 0.265 e. The van der Waals surface area contributed by atoms with E-state index in [1.807, 2.05) is 0 Å². The molecule has 5 heteroatoms. The van der Waals surface area contributed by atoms with E-state index in [1.165, 1.54) is 7.11 Å². The van der Waals surface area contributed by atoms with E-state index in [0.29, 0.717) is 0 Å². The monoisotopic (exact) mass is 177 g/mol. The van der Waals surface area contributed by atoms with Crippen LogP contribution in [0.15, 0.2) is 12.3 Å². The Balaban J connectivity index is 3.05. The number of rotatable bonds is 2. The lowest BCUT2D eigenvalue weighted by Gasteiger charge is -2.02. The summed E-state index contributed by atoms with van der Waals surface area (Å²) < 4.78 is 41.0. The number of ether oxygens (including phenoxy) is 1. The molecule has 0 bridgehead atoms. The summed E-state index contributed by atoms with van der Waals surface area (Å²) in [6, 6.07) is 0.924. The van der Waals surface area contributed by atoms with Gasteiger partial charge in [-0.1, -0.05) is 0 Å². The molecule has 1 aromatic heterocycles. The Morgan fingerprint density at radius 2 is 2.17 bits per heavy atom. The molecule has 1 heterocycles. The summed E-state index contributed by atoms with van der Waals surface area (Å²) in [7, 11) is 1.19. The van der Waals surface area contributed by atoms with Gasteiger partial charge in [0.1, 0.15) is 0 Å². The Labute approximate surface area is 67.0 Å². The highest BCUT2D eigenvalue weighted by atomic mass is 19.3. The molecule has 1 aromatic rings. The van der Waals surface area contributed by atoms with Crippen LogP contribution in [0.3, 0.4) is 0 Å². The SMILES string of the molecule is COc1cc(C(F)F)cnc1F. The minimum Gasteiger partial charge on any atom is -0.492 e. The third-order valence-corrected chi connectivity index (χ3v) is 1.30. The number of pyridine rings is 1. The standard InChI is InChI=1S/C7H6F3NO/c1-12-5-2-4(6(8)9)3-11-7(5)10/h2-3,6H,1H3. The van der Waals surface area contributed by atoms with Gasteiger partial charge in [-0.2, -0.15) is 4.39 Å². The van der Waals surface area contributed by atoms with Crippen LogP contribution >= 0.6 is 0 Å². The average Bonchev–Trinajstić information content (AvgIpc) is 2.05. The van der Waals surface area contributed by atoms with Crippen LogP contribution in [-0.2, 0) is 0 Å². The Hall–Kier alpha value is -1.26. The van der Waals surface area contributed by atoms with E-state index in [1.54, 1.807) is 0 Å².